The first-order valence-corrected chi connectivity index (χ1v) is 4.20. The summed E-state index contributed by atoms with van der Waals surface area (Å²) in [4.78, 5) is 0. The van der Waals surface area contributed by atoms with Gasteiger partial charge >= 0.3 is 0 Å². The van der Waals surface area contributed by atoms with Crippen molar-refractivity contribution in [3.8, 4) is 0 Å². The third-order valence-corrected chi connectivity index (χ3v) is 1.80. The molecule has 0 saturated heterocycles. The van der Waals surface area contributed by atoms with Gasteiger partial charge in [-0.3, -0.25) is 0 Å². The molecule has 14 heavy (non-hydrogen) atoms. The summed E-state index contributed by atoms with van der Waals surface area (Å²) in [5.74, 6) is 0. The van der Waals surface area contributed by atoms with Crippen molar-refractivity contribution < 1.29 is 18.9 Å². The number of hydrogen-bond donors (Lipinski definition) is 0. The van der Waals surface area contributed by atoms with E-state index in [2.05, 4.69) is 0 Å². The van der Waals surface area contributed by atoms with Crippen LogP contribution in [-0.2, 0) is 18.9 Å². The van der Waals surface area contributed by atoms with Crippen LogP contribution in [0.2, 0.25) is 0 Å². The lowest BCUT2D eigenvalue weighted by atomic mass is 9.92. The highest BCUT2D eigenvalue weighted by Crippen LogP contribution is 2.19. The summed E-state index contributed by atoms with van der Waals surface area (Å²) in [5, 5.41) is 0. The topological polar surface area (TPSA) is 36.9 Å². The minimum absolute atomic E-state index is 0. The fourth-order valence-corrected chi connectivity index (χ4v) is 1.47. The fourth-order valence-electron chi connectivity index (χ4n) is 1.47. The molecule has 0 aliphatic carbocycles. The average Bonchev–Trinajstić information content (AvgIpc) is 2.06. The molecular formula is C10H24O4. The Hall–Kier alpha value is -0.160. The Balaban J connectivity index is 0. The van der Waals surface area contributed by atoms with Gasteiger partial charge in [0, 0.05) is 28.4 Å². The molecular weight excluding hydrogens is 184 g/mol. The van der Waals surface area contributed by atoms with Crippen molar-refractivity contribution >= 4 is 0 Å². The summed E-state index contributed by atoms with van der Waals surface area (Å²) >= 11 is 0. The van der Waals surface area contributed by atoms with Gasteiger partial charge in [0.15, 0.2) is 0 Å². The molecule has 0 aromatic carbocycles. The van der Waals surface area contributed by atoms with E-state index in [0.717, 1.165) is 0 Å². The molecule has 0 unspecified atom stereocenters. The van der Waals surface area contributed by atoms with Crippen molar-refractivity contribution in [2.24, 2.45) is 5.41 Å². The van der Waals surface area contributed by atoms with Crippen LogP contribution in [0.25, 0.3) is 0 Å². The van der Waals surface area contributed by atoms with Crippen LogP contribution >= 0.6 is 0 Å². The van der Waals surface area contributed by atoms with E-state index in [0.29, 0.717) is 26.4 Å². The van der Waals surface area contributed by atoms with Gasteiger partial charge < -0.3 is 18.9 Å². The lowest BCUT2D eigenvalue weighted by Gasteiger charge is -2.30. The molecule has 0 N–H and O–H groups in total. The Bertz CT molecular complexity index is 87.2. The summed E-state index contributed by atoms with van der Waals surface area (Å²) in [6.45, 7) is 2.29. The Morgan fingerprint density at radius 2 is 0.857 bits per heavy atom. The molecule has 0 fully saturated rings. The lowest BCUT2D eigenvalue weighted by molar-refractivity contribution is -0.0760. The molecule has 0 rings (SSSR count). The Kier molecular flexibility index (Phi) is 10.9. The summed E-state index contributed by atoms with van der Waals surface area (Å²) in [5.41, 5.74) is -0.188. The van der Waals surface area contributed by atoms with Crippen molar-refractivity contribution in [1.29, 1.82) is 0 Å². The monoisotopic (exact) mass is 208 g/mol. The van der Waals surface area contributed by atoms with Gasteiger partial charge in [-0.15, -0.1) is 0 Å². The van der Waals surface area contributed by atoms with E-state index >= 15 is 0 Å². The number of rotatable bonds is 8. The fraction of sp³-hybridized carbons (Fsp3) is 1.00. The largest absolute Gasteiger partial charge is 0.384 e. The Morgan fingerprint density at radius 3 is 1.00 bits per heavy atom. The number of ether oxygens (including phenoxy) is 4. The average molecular weight is 208 g/mol. The third-order valence-electron chi connectivity index (χ3n) is 1.80. The predicted molar refractivity (Wildman–Crippen MR) is 56.7 cm³/mol. The highest BCUT2D eigenvalue weighted by atomic mass is 16.5. The molecule has 0 heterocycles. The summed E-state index contributed by atoms with van der Waals surface area (Å²) < 4.78 is 20.5. The second-order valence-corrected chi connectivity index (χ2v) is 3.23. The maximum absolute atomic E-state index is 5.12. The van der Waals surface area contributed by atoms with E-state index in [1.807, 2.05) is 0 Å². The number of hydrogen-bond acceptors (Lipinski definition) is 4. The molecule has 0 aromatic heterocycles. The number of methoxy groups -OCH3 is 4. The van der Waals surface area contributed by atoms with Crippen molar-refractivity contribution in [3.05, 3.63) is 0 Å². The van der Waals surface area contributed by atoms with Gasteiger partial charge in [-0.05, 0) is 0 Å². The first-order valence-electron chi connectivity index (χ1n) is 4.20. The highest BCUT2D eigenvalue weighted by molar-refractivity contribution is 4.78. The van der Waals surface area contributed by atoms with Crippen molar-refractivity contribution in [1.82, 2.24) is 0 Å². The van der Waals surface area contributed by atoms with Crippen LogP contribution in [0, 0.1) is 5.41 Å². The molecule has 88 valence electrons. The molecule has 0 bridgehead atoms. The van der Waals surface area contributed by atoms with Gasteiger partial charge in [-0.25, -0.2) is 0 Å². The zero-order valence-corrected chi connectivity index (χ0v) is 8.96. The van der Waals surface area contributed by atoms with E-state index in [9.17, 15) is 0 Å². The van der Waals surface area contributed by atoms with Crippen molar-refractivity contribution in [3.63, 3.8) is 0 Å². The van der Waals surface area contributed by atoms with Gasteiger partial charge in [0.05, 0.1) is 31.8 Å². The normalized spacial score (nSPS) is 11.1. The SMILES string of the molecule is C.COCC(COC)(COC)COC. The van der Waals surface area contributed by atoms with Gasteiger partial charge in [0.1, 0.15) is 0 Å². The van der Waals surface area contributed by atoms with Crippen LogP contribution in [0.3, 0.4) is 0 Å². The molecule has 0 aliphatic heterocycles. The van der Waals surface area contributed by atoms with E-state index in [-0.39, 0.29) is 12.8 Å². The van der Waals surface area contributed by atoms with Gasteiger partial charge in [-0.1, -0.05) is 7.43 Å². The third kappa shape index (κ3) is 5.54. The molecule has 0 spiro atoms. The maximum atomic E-state index is 5.12. The van der Waals surface area contributed by atoms with Crippen molar-refractivity contribution in [2.45, 2.75) is 7.43 Å². The first kappa shape index (κ1) is 16.3. The maximum Gasteiger partial charge on any atom is 0.0637 e. The van der Waals surface area contributed by atoms with Crippen molar-refractivity contribution in [2.75, 3.05) is 54.9 Å². The van der Waals surface area contributed by atoms with Crippen LogP contribution in [0.1, 0.15) is 7.43 Å². The smallest absolute Gasteiger partial charge is 0.0637 e. The minimum Gasteiger partial charge on any atom is -0.384 e. The molecule has 4 heteroatoms. The minimum atomic E-state index is -0.188. The van der Waals surface area contributed by atoms with Crippen LogP contribution in [0.5, 0.6) is 0 Å². The molecule has 0 aliphatic rings. The highest BCUT2D eigenvalue weighted by Gasteiger charge is 2.30. The van der Waals surface area contributed by atoms with E-state index in [1.165, 1.54) is 0 Å². The van der Waals surface area contributed by atoms with Crippen LogP contribution in [0.4, 0.5) is 0 Å². The zero-order valence-electron chi connectivity index (χ0n) is 8.96. The second-order valence-electron chi connectivity index (χ2n) is 3.23. The molecule has 0 saturated carbocycles. The molecule has 4 nitrogen and oxygen atoms in total. The predicted octanol–water partition coefficient (Wildman–Crippen LogP) is 1.19. The van der Waals surface area contributed by atoms with Gasteiger partial charge in [-0.2, -0.15) is 0 Å². The van der Waals surface area contributed by atoms with Crippen LogP contribution in [-0.4, -0.2) is 54.9 Å². The summed E-state index contributed by atoms with van der Waals surface area (Å²) in [7, 11) is 6.65. The zero-order chi connectivity index (χ0) is 10.2. The lowest BCUT2D eigenvalue weighted by Crippen LogP contribution is -2.40. The van der Waals surface area contributed by atoms with Gasteiger partial charge in [0.25, 0.3) is 0 Å². The van der Waals surface area contributed by atoms with Gasteiger partial charge in [0.2, 0.25) is 0 Å². The standard InChI is InChI=1S/C9H20O4.CH4/c1-10-5-9(6-11-2,7-12-3)8-13-4;/h5-8H2,1-4H3;1H4. The Labute approximate surface area is 87.5 Å². The molecule has 0 radical (unpaired) electrons. The van der Waals surface area contributed by atoms with E-state index in [4.69, 9.17) is 18.9 Å². The second kappa shape index (κ2) is 9.40. The summed E-state index contributed by atoms with van der Waals surface area (Å²) in [6.07, 6.45) is 0. The van der Waals surface area contributed by atoms with Crippen LogP contribution < -0.4 is 0 Å². The molecule has 0 atom stereocenters. The molecule has 0 amide bonds. The quantitative estimate of drug-likeness (QED) is 0.600. The summed E-state index contributed by atoms with van der Waals surface area (Å²) in [6, 6.07) is 0. The van der Waals surface area contributed by atoms with Crippen LogP contribution in [0.15, 0.2) is 0 Å². The van der Waals surface area contributed by atoms with E-state index in [1.54, 1.807) is 28.4 Å². The molecule has 0 aromatic rings. The van der Waals surface area contributed by atoms with E-state index < -0.39 is 0 Å². The Morgan fingerprint density at radius 1 is 0.643 bits per heavy atom. The first-order chi connectivity index (χ1) is 6.24.